The van der Waals surface area contributed by atoms with E-state index in [4.69, 9.17) is 5.73 Å². The Bertz CT molecular complexity index is 173. The fraction of sp³-hybridized carbons (Fsp3) is 0. The van der Waals surface area contributed by atoms with Gasteiger partial charge in [0.1, 0.15) is 0 Å². The number of anilines is 1. The van der Waals surface area contributed by atoms with Crippen LogP contribution in [-0.2, 0) is 0 Å². The van der Waals surface area contributed by atoms with E-state index in [1.807, 2.05) is 0 Å². The minimum absolute atomic E-state index is 0. The molecule has 0 radical (unpaired) electrons. The first-order valence-corrected chi connectivity index (χ1v) is 2.31. The van der Waals surface area contributed by atoms with Crippen molar-refractivity contribution in [2.75, 3.05) is 5.73 Å². The predicted molar refractivity (Wildman–Crippen MR) is 30.3 cm³/mol. The molecule has 0 atom stereocenters. The summed E-state index contributed by atoms with van der Waals surface area (Å²) in [6.45, 7) is 0. The van der Waals surface area contributed by atoms with Gasteiger partial charge in [0.15, 0.2) is 0 Å². The van der Waals surface area contributed by atoms with Gasteiger partial charge in [0.05, 0.1) is 0 Å². The first-order chi connectivity index (χ1) is 3.79. The van der Waals surface area contributed by atoms with Gasteiger partial charge in [0.25, 0.3) is 0 Å². The quantitative estimate of drug-likeness (QED) is 0.322. The van der Waals surface area contributed by atoms with E-state index in [2.05, 4.69) is 0 Å². The topological polar surface area (TPSA) is 49.1 Å². The van der Waals surface area contributed by atoms with E-state index >= 15 is 0 Å². The fourth-order valence-electron chi connectivity index (χ4n) is 0.515. The van der Waals surface area contributed by atoms with Crippen molar-refractivity contribution >= 4 is 5.69 Å². The van der Waals surface area contributed by atoms with Crippen molar-refractivity contribution in [2.24, 2.45) is 0 Å². The van der Waals surface area contributed by atoms with Gasteiger partial charge in [-0.1, -0.05) is 12.1 Å². The zero-order valence-corrected chi connectivity index (χ0v) is 8.42. The second-order valence-corrected chi connectivity index (χ2v) is 1.57. The van der Waals surface area contributed by atoms with Gasteiger partial charge in [-0.05, 0) is 12.1 Å². The van der Waals surface area contributed by atoms with Crippen molar-refractivity contribution in [3.63, 3.8) is 0 Å². The number of hydrogen-bond donors (Lipinski definition) is 1. The minimum Gasteiger partial charge on any atom is -0.872 e. The second-order valence-electron chi connectivity index (χ2n) is 1.57. The first kappa shape index (κ1) is 9.46. The Morgan fingerprint density at radius 1 is 1.33 bits per heavy atom. The molecule has 1 aromatic carbocycles. The Balaban J connectivity index is 0.000000640. The van der Waals surface area contributed by atoms with E-state index in [1.54, 1.807) is 12.1 Å². The summed E-state index contributed by atoms with van der Waals surface area (Å²) in [6, 6.07) is 6.18. The van der Waals surface area contributed by atoms with Crippen LogP contribution in [0.2, 0.25) is 0 Å². The number of nitrogens with two attached hydrogens (primary N) is 1. The van der Waals surface area contributed by atoms with E-state index < -0.39 is 0 Å². The van der Waals surface area contributed by atoms with Crippen molar-refractivity contribution in [3.05, 3.63) is 24.3 Å². The van der Waals surface area contributed by atoms with Crippen molar-refractivity contribution in [1.29, 1.82) is 0 Å². The molecule has 0 fully saturated rings. The van der Waals surface area contributed by atoms with Crippen molar-refractivity contribution in [2.45, 2.75) is 0 Å². The van der Waals surface area contributed by atoms with Crippen LogP contribution >= 0.6 is 0 Å². The van der Waals surface area contributed by atoms with Crippen LogP contribution in [0.1, 0.15) is 0 Å². The number of rotatable bonds is 0. The van der Waals surface area contributed by atoms with E-state index in [0.717, 1.165) is 0 Å². The molecule has 0 spiro atoms. The van der Waals surface area contributed by atoms with Gasteiger partial charge >= 0.3 is 51.4 Å². The smallest absolute Gasteiger partial charge is 0.872 e. The molecule has 0 aliphatic carbocycles. The minimum atomic E-state index is -0.0370. The molecular weight excluding hydrogens is 141 g/mol. The van der Waals surface area contributed by atoms with Crippen LogP contribution in [0.15, 0.2) is 24.3 Å². The summed E-state index contributed by atoms with van der Waals surface area (Å²) in [7, 11) is 0. The molecule has 0 saturated heterocycles. The molecule has 3 heteroatoms. The van der Waals surface area contributed by atoms with Crippen LogP contribution in [0.5, 0.6) is 5.75 Å². The molecule has 2 N–H and O–H groups in total. The second kappa shape index (κ2) is 4.30. The molecule has 42 valence electrons. The number of nitrogen functional groups attached to an aromatic ring is 1. The molecule has 0 heterocycles. The third-order valence-corrected chi connectivity index (χ3v) is 0.858. The molecule has 0 aliphatic rings. The summed E-state index contributed by atoms with van der Waals surface area (Å²) in [6.07, 6.45) is 0. The summed E-state index contributed by atoms with van der Waals surface area (Å²) in [5.41, 5.74) is 5.78. The standard InChI is InChI=1S/C6H7NO.K/c7-5-2-1-3-6(8)4-5;/h1-4,8H,7H2;/q;+1/p-1. The molecule has 0 saturated carbocycles. The Morgan fingerprint density at radius 2 is 2.00 bits per heavy atom. The van der Waals surface area contributed by atoms with Crippen LogP contribution in [0.3, 0.4) is 0 Å². The van der Waals surface area contributed by atoms with Gasteiger partial charge in [-0.25, -0.2) is 0 Å². The molecule has 0 aromatic heterocycles. The van der Waals surface area contributed by atoms with Crippen LogP contribution < -0.4 is 62.2 Å². The van der Waals surface area contributed by atoms with Crippen LogP contribution in [0.4, 0.5) is 5.69 Å². The van der Waals surface area contributed by atoms with E-state index in [-0.39, 0.29) is 57.1 Å². The Labute approximate surface area is 96.5 Å². The Kier molecular flexibility index (Phi) is 4.52. The molecule has 2 nitrogen and oxygen atoms in total. The number of benzene rings is 1. The summed E-state index contributed by atoms with van der Waals surface area (Å²) in [4.78, 5) is 0. The monoisotopic (exact) mass is 147 g/mol. The van der Waals surface area contributed by atoms with E-state index in [1.165, 1.54) is 12.1 Å². The van der Waals surface area contributed by atoms with Crippen LogP contribution in [-0.4, -0.2) is 0 Å². The molecule has 1 aromatic rings. The van der Waals surface area contributed by atoms with Gasteiger partial charge in [0.2, 0.25) is 0 Å². The molecule has 0 aliphatic heterocycles. The third kappa shape index (κ3) is 3.22. The molecule has 9 heavy (non-hydrogen) atoms. The maximum absolute atomic E-state index is 10.4. The zero-order chi connectivity index (χ0) is 5.98. The van der Waals surface area contributed by atoms with Gasteiger partial charge in [0, 0.05) is 5.69 Å². The maximum Gasteiger partial charge on any atom is 1.00 e. The Morgan fingerprint density at radius 3 is 2.33 bits per heavy atom. The van der Waals surface area contributed by atoms with Crippen molar-refractivity contribution in [3.8, 4) is 5.75 Å². The normalized spacial score (nSPS) is 8.00. The predicted octanol–water partition coefficient (Wildman–Crippen LogP) is -2.65. The molecule has 0 amide bonds. The average Bonchev–Trinajstić information content (AvgIpc) is 1.64. The summed E-state index contributed by atoms with van der Waals surface area (Å²) < 4.78 is 0. The summed E-state index contributed by atoms with van der Waals surface area (Å²) in [5, 5.41) is 10.4. The largest absolute Gasteiger partial charge is 1.00 e. The molecular formula is C6H6KNO. The van der Waals surface area contributed by atoms with Crippen molar-refractivity contribution in [1.82, 2.24) is 0 Å². The Hall–Kier alpha value is 0.456. The first-order valence-electron chi connectivity index (χ1n) is 2.31. The molecule has 0 unspecified atom stereocenters. The van der Waals surface area contributed by atoms with Crippen LogP contribution in [0.25, 0.3) is 0 Å². The van der Waals surface area contributed by atoms with E-state index in [9.17, 15) is 5.11 Å². The van der Waals surface area contributed by atoms with Crippen LogP contribution in [0, 0.1) is 0 Å². The number of hydrogen-bond acceptors (Lipinski definition) is 2. The molecule has 0 bridgehead atoms. The van der Waals surface area contributed by atoms with Crippen molar-refractivity contribution < 1.29 is 56.5 Å². The SMILES string of the molecule is Nc1cccc([O-])c1.[K+]. The maximum atomic E-state index is 10.4. The summed E-state index contributed by atoms with van der Waals surface area (Å²) >= 11 is 0. The van der Waals surface area contributed by atoms with Gasteiger partial charge in [-0.2, -0.15) is 0 Å². The van der Waals surface area contributed by atoms with Gasteiger partial charge in [-0.15, -0.1) is 5.75 Å². The fourth-order valence-corrected chi connectivity index (χ4v) is 0.515. The van der Waals surface area contributed by atoms with Gasteiger partial charge in [-0.3, -0.25) is 0 Å². The molecule has 1 rings (SSSR count). The average molecular weight is 147 g/mol. The van der Waals surface area contributed by atoms with E-state index in [0.29, 0.717) is 5.69 Å². The summed E-state index contributed by atoms with van der Waals surface area (Å²) in [5.74, 6) is -0.0370. The zero-order valence-electron chi connectivity index (χ0n) is 5.29. The third-order valence-electron chi connectivity index (χ3n) is 0.858. The van der Waals surface area contributed by atoms with Gasteiger partial charge < -0.3 is 10.8 Å².